The van der Waals surface area contributed by atoms with Gasteiger partial charge in [-0.15, -0.1) is 4.40 Å². The lowest BCUT2D eigenvalue weighted by Gasteiger charge is -2.37. The van der Waals surface area contributed by atoms with Gasteiger partial charge in [-0.3, -0.25) is 0 Å². The van der Waals surface area contributed by atoms with Crippen LogP contribution in [0, 0.1) is 0 Å². The standard InChI is InChI=1S/C21H19BrF3N3O2S/c1-14-19(15-4-2-6-17(22)12-15)31(29,30)26-20(14)28-10-8-27(9-11-28)18-7-3-5-16(13-18)21(23,24)25/h2-7,12-13H,8-11H2,1H3. The van der Waals surface area contributed by atoms with Crippen molar-refractivity contribution in [2.75, 3.05) is 31.1 Å². The van der Waals surface area contributed by atoms with Crippen LogP contribution >= 0.6 is 15.9 Å². The second kappa shape index (κ2) is 7.98. The first kappa shape index (κ1) is 21.9. The van der Waals surface area contributed by atoms with Crippen molar-refractivity contribution in [3.63, 3.8) is 0 Å². The molecule has 0 atom stereocenters. The maximum absolute atomic E-state index is 13.0. The van der Waals surface area contributed by atoms with Crippen LogP contribution in [-0.2, 0) is 16.2 Å². The van der Waals surface area contributed by atoms with Crippen LogP contribution in [0.4, 0.5) is 18.9 Å². The Balaban J connectivity index is 1.54. The first-order valence-corrected chi connectivity index (χ1v) is 11.8. The Hall–Kier alpha value is -2.33. The van der Waals surface area contributed by atoms with Crippen molar-refractivity contribution < 1.29 is 21.6 Å². The van der Waals surface area contributed by atoms with Crippen LogP contribution in [0.3, 0.4) is 0 Å². The zero-order valence-corrected chi connectivity index (χ0v) is 18.9. The Morgan fingerprint density at radius 2 is 1.61 bits per heavy atom. The summed E-state index contributed by atoms with van der Waals surface area (Å²) in [5.74, 6) is 0.402. The van der Waals surface area contributed by atoms with E-state index < -0.39 is 21.8 Å². The normalized spacial score (nSPS) is 19.1. The van der Waals surface area contributed by atoms with Gasteiger partial charge in [0.05, 0.1) is 5.56 Å². The summed E-state index contributed by atoms with van der Waals surface area (Å²) in [6.07, 6.45) is -4.39. The molecule has 0 amide bonds. The van der Waals surface area contributed by atoms with Crippen molar-refractivity contribution in [1.29, 1.82) is 0 Å². The number of nitrogens with zero attached hydrogens (tertiary/aromatic N) is 3. The summed E-state index contributed by atoms with van der Waals surface area (Å²) < 4.78 is 69.3. The second-order valence-corrected chi connectivity index (χ2v) is 9.83. The number of benzene rings is 2. The highest BCUT2D eigenvalue weighted by molar-refractivity contribution is 9.10. The van der Waals surface area contributed by atoms with Crippen molar-refractivity contribution in [2.24, 2.45) is 4.40 Å². The van der Waals surface area contributed by atoms with Gasteiger partial charge < -0.3 is 9.80 Å². The molecule has 1 fully saturated rings. The summed E-state index contributed by atoms with van der Waals surface area (Å²) in [6.45, 7) is 3.56. The molecule has 0 N–H and O–H groups in total. The van der Waals surface area contributed by atoms with E-state index in [1.807, 2.05) is 15.9 Å². The summed E-state index contributed by atoms with van der Waals surface area (Å²) in [5, 5.41) is 0. The molecule has 2 aromatic carbocycles. The first-order chi connectivity index (χ1) is 14.6. The molecule has 10 heteroatoms. The van der Waals surface area contributed by atoms with E-state index in [1.54, 1.807) is 31.2 Å². The van der Waals surface area contributed by atoms with Crippen molar-refractivity contribution in [3.05, 3.63) is 69.7 Å². The molecule has 0 aromatic heterocycles. The highest BCUT2D eigenvalue weighted by Crippen LogP contribution is 2.35. The third kappa shape index (κ3) is 4.36. The zero-order chi connectivity index (χ0) is 22.4. The van der Waals surface area contributed by atoms with Gasteiger partial charge in [-0.25, -0.2) is 0 Å². The van der Waals surface area contributed by atoms with E-state index in [1.165, 1.54) is 6.07 Å². The third-order valence-corrected chi connectivity index (χ3v) is 7.31. The predicted molar refractivity (Wildman–Crippen MR) is 118 cm³/mol. The number of hydrogen-bond donors (Lipinski definition) is 0. The number of amidine groups is 1. The van der Waals surface area contributed by atoms with Crippen LogP contribution in [0.25, 0.3) is 4.91 Å². The van der Waals surface area contributed by atoms with E-state index in [9.17, 15) is 21.6 Å². The Morgan fingerprint density at radius 1 is 0.968 bits per heavy atom. The largest absolute Gasteiger partial charge is 0.416 e. The molecule has 2 aliphatic rings. The fraction of sp³-hybridized carbons (Fsp3) is 0.286. The lowest BCUT2D eigenvalue weighted by molar-refractivity contribution is -0.137. The first-order valence-electron chi connectivity index (χ1n) is 9.55. The highest BCUT2D eigenvalue weighted by Gasteiger charge is 2.35. The lowest BCUT2D eigenvalue weighted by atomic mass is 10.1. The summed E-state index contributed by atoms with van der Waals surface area (Å²) in [4.78, 5) is 3.93. The molecule has 2 aliphatic heterocycles. The summed E-state index contributed by atoms with van der Waals surface area (Å²) in [7, 11) is -3.83. The van der Waals surface area contributed by atoms with E-state index in [0.717, 1.165) is 16.6 Å². The molecular weight excluding hydrogens is 495 g/mol. The highest BCUT2D eigenvalue weighted by atomic mass is 79.9. The van der Waals surface area contributed by atoms with Crippen molar-refractivity contribution in [3.8, 4) is 0 Å². The summed E-state index contributed by atoms with van der Waals surface area (Å²) in [5.41, 5.74) is 0.951. The maximum atomic E-state index is 13.0. The van der Waals surface area contributed by atoms with Gasteiger partial charge in [0.2, 0.25) is 0 Å². The van der Waals surface area contributed by atoms with Gasteiger partial charge in [0.15, 0.2) is 0 Å². The molecule has 0 radical (unpaired) electrons. The zero-order valence-electron chi connectivity index (χ0n) is 16.5. The Kier molecular flexibility index (Phi) is 5.63. The van der Waals surface area contributed by atoms with Gasteiger partial charge in [-0.05, 0) is 42.8 Å². The Bertz CT molecular complexity index is 1180. The van der Waals surface area contributed by atoms with E-state index in [2.05, 4.69) is 20.3 Å². The topological polar surface area (TPSA) is 53.0 Å². The average molecular weight is 514 g/mol. The number of alkyl halides is 3. The van der Waals surface area contributed by atoms with E-state index in [0.29, 0.717) is 48.8 Å². The molecular formula is C21H19BrF3N3O2S. The van der Waals surface area contributed by atoms with Gasteiger partial charge in [-0.1, -0.05) is 34.1 Å². The van der Waals surface area contributed by atoms with Crippen LogP contribution in [0.5, 0.6) is 0 Å². The molecule has 2 heterocycles. The fourth-order valence-electron chi connectivity index (χ4n) is 3.87. The number of piperazine rings is 1. The Labute approximate surface area is 187 Å². The predicted octanol–water partition coefficient (Wildman–Crippen LogP) is 4.76. The monoisotopic (exact) mass is 513 g/mol. The fourth-order valence-corrected chi connectivity index (χ4v) is 5.74. The average Bonchev–Trinajstić information content (AvgIpc) is 2.96. The van der Waals surface area contributed by atoms with Gasteiger partial charge in [0.25, 0.3) is 10.0 Å². The molecule has 0 bridgehead atoms. The second-order valence-electron chi connectivity index (χ2n) is 7.38. The lowest BCUT2D eigenvalue weighted by Crippen LogP contribution is -2.48. The number of halogens is 4. The minimum absolute atomic E-state index is 0.184. The molecule has 0 aliphatic carbocycles. The number of rotatable bonds is 2. The van der Waals surface area contributed by atoms with Crippen LogP contribution in [0.1, 0.15) is 18.1 Å². The van der Waals surface area contributed by atoms with Crippen LogP contribution in [0.15, 0.2) is 63.0 Å². The molecule has 31 heavy (non-hydrogen) atoms. The van der Waals surface area contributed by atoms with Crippen molar-refractivity contribution in [1.82, 2.24) is 4.90 Å². The molecule has 5 nitrogen and oxygen atoms in total. The maximum Gasteiger partial charge on any atom is 0.416 e. The van der Waals surface area contributed by atoms with Crippen LogP contribution in [0.2, 0.25) is 0 Å². The quantitative estimate of drug-likeness (QED) is 0.580. The van der Waals surface area contributed by atoms with E-state index in [4.69, 9.17) is 0 Å². The molecule has 1 saturated heterocycles. The van der Waals surface area contributed by atoms with Gasteiger partial charge in [-0.2, -0.15) is 21.6 Å². The van der Waals surface area contributed by atoms with Gasteiger partial charge in [0.1, 0.15) is 10.7 Å². The van der Waals surface area contributed by atoms with Gasteiger partial charge in [0, 0.05) is 41.9 Å². The molecule has 4 rings (SSSR count). The third-order valence-electron chi connectivity index (χ3n) is 5.35. The molecule has 0 unspecified atom stereocenters. The molecule has 2 aromatic rings. The molecule has 0 spiro atoms. The minimum Gasteiger partial charge on any atom is -0.368 e. The molecule has 0 saturated carbocycles. The molecule has 164 valence electrons. The van der Waals surface area contributed by atoms with Crippen molar-refractivity contribution >= 4 is 42.4 Å². The summed E-state index contributed by atoms with van der Waals surface area (Å²) >= 11 is 3.36. The number of anilines is 1. The van der Waals surface area contributed by atoms with E-state index in [-0.39, 0.29) is 4.91 Å². The van der Waals surface area contributed by atoms with Crippen molar-refractivity contribution in [2.45, 2.75) is 13.1 Å². The van der Waals surface area contributed by atoms with Crippen LogP contribution in [-0.4, -0.2) is 45.3 Å². The smallest absolute Gasteiger partial charge is 0.368 e. The van der Waals surface area contributed by atoms with Gasteiger partial charge >= 0.3 is 6.18 Å². The Morgan fingerprint density at radius 3 is 2.26 bits per heavy atom. The van der Waals surface area contributed by atoms with Crippen LogP contribution < -0.4 is 4.90 Å². The number of sulfonamides is 1. The SMILES string of the molecule is CC1=C(c2cccc(Br)c2)S(=O)(=O)N=C1N1CCN(c2cccc(C(F)(F)F)c2)CC1. The minimum atomic E-state index is -4.39. The summed E-state index contributed by atoms with van der Waals surface area (Å²) in [6, 6.07) is 12.3. The number of hydrogen-bond acceptors (Lipinski definition) is 4. The van der Waals surface area contributed by atoms with E-state index >= 15 is 0 Å².